The number of hydrogen-bond donors (Lipinski definition) is 1. The van der Waals surface area contributed by atoms with Crippen molar-refractivity contribution >= 4 is 33.1 Å². The lowest BCUT2D eigenvalue weighted by Gasteiger charge is -2.41. The Morgan fingerprint density at radius 2 is 1.91 bits per heavy atom. The van der Waals surface area contributed by atoms with Crippen molar-refractivity contribution in [2.24, 2.45) is 0 Å². The van der Waals surface area contributed by atoms with Gasteiger partial charge in [-0.2, -0.15) is 8.78 Å². The average molecular weight is 669 g/mol. The van der Waals surface area contributed by atoms with E-state index in [-0.39, 0.29) is 18.2 Å². The number of rotatable bonds is 10. The summed E-state index contributed by atoms with van der Waals surface area (Å²) in [5.74, 6) is 1.50. The molecule has 2 heterocycles. The number of aromatic nitrogens is 4. The Bertz CT molecular complexity index is 1660. The molecule has 1 unspecified atom stereocenters. The van der Waals surface area contributed by atoms with Crippen LogP contribution in [0.1, 0.15) is 76.5 Å². The zero-order valence-corrected chi connectivity index (χ0v) is 26.8. The molecule has 1 N–H and O–H groups in total. The molecule has 0 radical (unpaired) electrons. The minimum Gasteiger partial charge on any atom is -0.444 e. The van der Waals surface area contributed by atoms with Crippen molar-refractivity contribution in [3.8, 4) is 16.9 Å². The van der Waals surface area contributed by atoms with Gasteiger partial charge in [-0.15, -0.1) is 6.58 Å². The maximum absolute atomic E-state index is 13.2. The fraction of sp³-hybridized carbons (Fsp3) is 0.394. The standard InChI is InChI=1S/C33H36BrF2N5O3/c1-6-9-20(2)28-39-25-16-21(12-13-26(25)41(28)19-23-24(34)10-7-11-27(23)43-30(35)36)22-17-37-29(38-18-22)33(14-8-15-33)40-31(42)44-32(3,4)5/h6-7,10-13,16-18,20,30H,1,8-9,14-15,19H2,2-5H3,(H,40,42). The first kappa shape index (κ1) is 31.6. The predicted molar refractivity (Wildman–Crippen MR) is 169 cm³/mol. The van der Waals surface area contributed by atoms with Gasteiger partial charge < -0.3 is 19.4 Å². The monoisotopic (exact) mass is 667 g/mol. The third-order valence-corrected chi connectivity index (χ3v) is 8.45. The van der Waals surface area contributed by atoms with Gasteiger partial charge in [-0.3, -0.25) is 0 Å². The molecular formula is C33H36BrF2N5O3. The van der Waals surface area contributed by atoms with Gasteiger partial charge in [0.2, 0.25) is 0 Å². The summed E-state index contributed by atoms with van der Waals surface area (Å²) in [5, 5.41) is 2.99. The molecule has 2 aromatic heterocycles. The van der Waals surface area contributed by atoms with Crippen LogP contribution in [0.2, 0.25) is 0 Å². The van der Waals surface area contributed by atoms with Gasteiger partial charge in [0, 0.05) is 33.9 Å². The van der Waals surface area contributed by atoms with Gasteiger partial charge in [0.05, 0.1) is 17.6 Å². The first-order valence-electron chi connectivity index (χ1n) is 14.6. The van der Waals surface area contributed by atoms with Crippen molar-refractivity contribution in [3.05, 3.63) is 83.1 Å². The highest BCUT2D eigenvalue weighted by Crippen LogP contribution is 2.40. The number of benzene rings is 2. The fourth-order valence-corrected chi connectivity index (χ4v) is 5.91. The summed E-state index contributed by atoms with van der Waals surface area (Å²) in [4.78, 5) is 26.8. The molecule has 0 bridgehead atoms. The maximum atomic E-state index is 13.2. The summed E-state index contributed by atoms with van der Waals surface area (Å²) in [6.07, 6.45) is 8.01. The van der Waals surface area contributed by atoms with Crippen molar-refractivity contribution in [1.82, 2.24) is 24.8 Å². The molecule has 1 atom stereocenters. The minimum absolute atomic E-state index is 0.0315. The van der Waals surface area contributed by atoms with E-state index in [0.717, 1.165) is 47.2 Å². The summed E-state index contributed by atoms with van der Waals surface area (Å²) in [6.45, 7) is 8.76. The van der Waals surface area contributed by atoms with Crippen molar-refractivity contribution in [1.29, 1.82) is 0 Å². The van der Waals surface area contributed by atoms with E-state index in [1.807, 2.05) is 49.6 Å². The average Bonchev–Trinajstić information content (AvgIpc) is 3.29. The number of nitrogens with one attached hydrogen (secondary N) is 1. The summed E-state index contributed by atoms with van der Waals surface area (Å²) in [6, 6.07) is 10.9. The molecule has 1 aliphatic carbocycles. The Labute approximate surface area is 264 Å². The Morgan fingerprint density at radius 3 is 2.52 bits per heavy atom. The molecule has 0 aliphatic heterocycles. The Hall–Kier alpha value is -3.86. The number of alkyl carbamates (subject to hydrolysis) is 1. The van der Waals surface area contributed by atoms with Crippen LogP contribution in [0.15, 0.2) is 65.9 Å². The number of carbonyl (C=O) groups excluding carboxylic acids is 1. The third kappa shape index (κ3) is 6.77. The summed E-state index contributed by atoms with van der Waals surface area (Å²) < 4.78 is 39.4. The number of alkyl halides is 2. The molecule has 4 aromatic rings. The number of ether oxygens (including phenoxy) is 2. The molecule has 1 amide bonds. The number of fused-ring (bicyclic) bond motifs is 1. The van der Waals surface area contributed by atoms with E-state index in [1.165, 1.54) is 6.07 Å². The van der Waals surface area contributed by atoms with Crippen LogP contribution in [-0.4, -0.2) is 37.8 Å². The van der Waals surface area contributed by atoms with Gasteiger partial charge in [-0.05, 0) is 76.3 Å². The molecule has 0 saturated heterocycles. The zero-order chi connectivity index (χ0) is 31.6. The number of nitrogens with zero attached hydrogens (tertiary/aromatic N) is 4. The van der Waals surface area contributed by atoms with E-state index >= 15 is 0 Å². The predicted octanol–water partition coefficient (Wildman–Crippen LogP) is 8.49. The lowest BCUT2D eigenvalue weighted by atomic mass is 9.76. The number of amides is 1. The summed E-state index contributed by atoms with van der Waals surface area (Å²) in [5.41, 5.74) is 2.64. The molecular weight excluding hydrogens is 632 g/mol. The highest BCUT2D eigenvalue weighted by molar-refractivity contribution is 9.10. The van der Waals surface area contributed by atoms with Crippen LogP contribution in [0.4, 0.5) is 13.6 Å². The van der Waals surface area contributed by atoms with Gasteiger partial charge in [-0.25, -0.2) is 19.7 Å². The van der Waals surface area contributed by atoms with Crippen LogP contribution < -0.4 is 10.1 Å². The van der Waals surface area contributed by atoms with Gasteiger partial charge in [-0.1, -0.05) is 41.1 Å². The maximum Gasteiger partial charge on any atom is 0.408 e. The number of hydrogen-bond acceptors (Lipinski definition) is 6. The number of halogens is 3. The molecule has 11 heteroatoms. The number of allylic oxidation sites excluding steroid dienone is 1. The second-order valence-corrected chi connectivity index (χ2v) is 13.0. The van der Waals surface area contributed by atoms with E-state index in [4.69, 9.17) is 14.5 Å². The van der Waals surface area contributed by atoms with Crippen molar-refractivity contribution in [2.45, 2.75) is 83.6 Å². The highest BCUT2D eigenvalue weighted by Gasteiger charge is 2.43. The quantitative estimate of drug-likeness (QED) is 0.171. The van der Waals surface area contributed by atoms with Crippen LogP contribution in [0, 0.1) is 0 Å². The van der Waals surface area contributed by atoms with Gasteiger partial charge in [0.25, 0.3) is 0 Å². The third-order valence-electron chi connectivity index (χ3n) is 7.71. The van der Waals surface area contributed by atoms with E-state index in [0.29, 0.717) is 22.3 Å². The zero-order valence-electron chi connectivity index (χ0n) is 25.2. The van der Waals surface area contributed by atoms with Crippen LogP contribution in [0.25, 0.3) is 22.2 Å². The van der Waals surface area contributed by atoms with E-state index in [9.17, 15) is 13.6 Å². The molecule has 0 spiro atoms. The molecule has 1 saturated carbocycles. The first-order chi connectivity index (χ1) is 20.9. The highest BCUT2D eigenvalue weighted by atomic mass is 79.9. The van der Waals surface area contributed by atoms with E-state index < -0.39 is 23.8 Å². The molecule has 232 valence electrons. The lowest BCUT2D eigenvalue weighted by Crippen LogP contribution is -2.53. The second kappa shape index (κ2) is 12.6. The van der Waals surface area contributed by atoms with E-state index in [1.54, 1.807) is 24.5 Å². The topological polar surface area (TPSA) is 91.2 Å². The van der Waals surface area contributed by atoms with Crippen LogP contribution in [-0.2, 0) is 16.8 Å². The lowest BCUT2D eigenvalue weighted by molar-refractivity contribution is -0.0505. The SMILES string of the molecule is C=CCC(C)c1nc2cc(-c3cnc(C4(NC(=O)OC(C)(C)C)CCC4)nc3)ccc2n1Cc1c(Br)cccc1OC(F)F. The van der Waals surface area contributed by atoms with Gasteiger partial charge in [0.1, 0.15) is 22.7 Å². The smallest absolute Gasteiger partial charge is 0.408 e. The van der Waals surface area contributed by atoms with Crippen molar-refractivity contribution in [2.75, 3.05) is 0 Å². The van der Waals surface area contributed by atoms with Gasteiger partial charge in [0.15, 0.2) is 5.82 Å². The number of carbonyl (C=O) groups is 1. The van der Waals surface area contributed by atoms with E-state index in [2.05, 4.69) is 44.7 Å². The number of imidazole rings is 1. The molecule has 5 rings (SSSR count). The Kier molecular flexibility index (Phi) is 9.06. The Morgan fingerprint density at radius 1 is 1.18 bits per heavy atom. The summed E-state index contributed by atoms with van der Waals surface area (Å²) in [7, 11) is 0. The minimum atomic E-state index is -2.94. The largest absolute Gasteiger partial charge is 0.444 e. The van der Waals surface area contributed by atoms with Crippen molar-refractivity contribution < 1.29 is 23.0 Å². The molecule has 1 aliphatic rings. The second-order valence-electron chi connectivity index (χ2n) is 12.1. The normalized spacial score (nSPS) is 15.1. The molecule has 1 fully saturated rings. The Balaban J connectivity index is 1.47. The summed E-state index contributed by atoms with van der Waals surface area (Å²) >= 11 is 3.52. The van der Waals surface area contributed by atoms with Crippen molar-refractivity contribution in [3.63, 3.8) is 0 Å². The van der Waals surface area contributed by atoms with Crippen LogP contribution >= 0.6 is 15.9 Å². The van der Waals surface area contributed by atoms with Crippen LogP contribution in [0.3, 0.4) is 0 Å². The van der Waals surface area contributed by atoms with Crippen LogP contribution in [0.5, 0.6) is 5.75 Å². The molecule has 44 heavy (non-hydrogen) atoms. The first-order valence-corrected chi connectivity index (χ1v) is 15.4. The molecule has 8 nitrogen and oxygen atoms in total. The molecule has 2 aromatic carbocycles. The fourth-order valence-electron chi connectivity index (χ4n) is 5.44. The van der Waals surface area contributed by atoms with Gasteiger partial charge >= 0.3 is 12.7 Å².